The summed E-state index contributed by atoms with van der Waals surface area (Å²) < 4.78 is 6.42. The summed E-state index contributed by atoms with van der Waals surface area (Å²) in [7, 11) is 0. The Kier molecular flexibility index (Phi) is 5.26. The molecule has 0 unspecified atom stereocenters. The third-order valence-corrected chi connectivity index (χ3v) is 2.09. The zero-order chi connectivity index (χ0) is 11.1. The molecule has 0 spiro atoms. The highest BCUT2D eigenvalue weighted by atomic mass is 79.9. The lowest BCUT2D eigenvalue weighted by molar-refractivity contribution is 0.317. The van der Waals surface area contributed by atoms with Gasteiger partial charge in [-0.05, 0) is 30.7 Å². The van der Waals surface area contributed by atoms with Gasteiger partial charge in [-0.3, -0.25) is 0 Å². The molecule has 1 aromatic carbocycles. The molecule has 2 nitrogen and oxygen atoms in total. The maximum absolute atomic E-state index is 5.48. The van der Waals surface area contributed by atoms with Gasteiger partial charge in [0.2, 0.25) is 0 Å². The van der Waals surface area contributed by atoms with E-state index in [0.717, 1.165) is 35.5 Å². The Hall–Kier alpha value is -0.960. The standard InChI is InChI=1S/C12H16BrNO/c1-3-8-15-12-6-4-11(5-7-12)14-9-10(2)13/h4-7,14H,2-3,8-9H2,1H3. The lowest BCUT2D eigenvalue weighted by atomic mass is 10.3. The summed E-state index contributed by atoms with van der Waals surface area (Å²) in [6, 6.07) is 7.94. The molecular weight excluding hydrogens is 254 g/mol. The number of benzene rings is 1. The summed E-state index contributed by atoms with van der Waals surface area (Å²) in [5, 5.41) is 3.23. The van der Waals surface area contributed by atoms with Crippen LogP contribution >= 0.6 is 15.9 Å². The number of anilines is 1. The number of hydrogen-bond donors (Lipinski definition) is 1. The van der Waals surface area contributed by atoms with Crippen LogP contribution in [0.25, 0.3) is 0 Å². The summed E-state index contributed by atoms with van der Waals surface area (Å²) in [5.41, 5.74) is 1.07. The van der Waals surface area contributed by atoms with Gasteiger partial charge in [-0.15, -0.1) is 0 Å². The Labute approximate surface area is 99.5 Å². The van der Waals surface area contributed by atoms with E-state index in [0.29, 0.717) is 0 Å². The van der Waals surface area contributed by atoms with Crippen molar-refractivity contribution in [3.05, 3.63) is 35.3 Å². The summed E-state index contributed by atoms with van der Waals surface area (Å²) in [4.78, 5) is 0. The molecule has 0 bridgehead atoms. The van der Waals surface area contributed by atoms with E-state index in [1.807, 2.05) is 24.3 Å². The normalized spacial score (nSPS) is 9.73. The number of halogens is 1. The van der Waals surface area contributed by atoms with Gasteiger partial charge in [0.1, 0.15) is 5.75 Å². The molecule has 82 valence electrons. The lowest BCUT2D eigenvalue weighted by Gasteiger charge is -2.07. The molecule has 1 N–H and O–H groups in total. The van der Waals surface area contributed by atoms with Gasteiger partial charge in [-0.2, -0.15) is 0 Å². The van der Waals surface area contributed by atoms with Crippen LogP contribution in [0.5, 0.6) is 5.75 Å². The first kappa shape index (κ1) is 12.1. The van der Waals surface area contributed by atoms with Gasteiger partial charge in [-0.1, -0.05) is 29.4 Å². The molecule has 1 aromatic rings. The molecule has 0 radical (unpaired) electrons. The first-order valence-electron chi connectivity index (χ1n) is 5.02. The molecule has 0 aromatic heterocycles. The second kappa shape index (κ2) is 6.51. The summed E-state index contributed by atoms with van der Waals surface area (Å²) >= 11 is 3.30. The average molecular weight is 270 g/mol. The topological polar surface area (TPSA) is 21.3 Å². The maximum atomic E-state index is 5.48. The van der Waals surface area contributed by atoms with Crippen molar-refractivity contribution in [1.82, 2.24) is 0 Å². The van der Waals surface area contributed by atoms with Crippen LogP contribution in [0.3, 0.4) is 0 Å². The molecule has 0 aliphatic carbocycles. The number of ether oxygens (including phenoxy) is 1. The van der Waals surface area contributed by atoms with Gasteiger partial charge in [-0.25, -0.2) is 0 Å². The van der Waals surface area contributed by atoms with Gasteiger partial charge >= 0.3 is 0 Å². The van der Waals surface area contributed by atoms with Crippen LogP contribution in [-0.2, 0) is 0 Å². The van der Waals surface area contributed by atoms with E-state index in [4.69, 9.17) is 4.74 Å². The van der Waals surface area contributed by atoms with E-state index in [2.05, 4.69) is 34.7 Å². The Morgan fingerprint density at radius 2 is 2.07 bits per heavy atom. The minimum absolute atomic E-state index is 0.731. The van der Waals surface area contributed by atoms with Crippen LogP contribution in [0.2, 0.25) is 0 Å². The Morgan fingerprint density at radius 1 is 1.40 bits per heavy atom. The maximum Gasteiger partial charge on any atom is 0.119 e. The summed E-state index contributed by atoms with van der Waals surface area (Å²) in [6.07, 6.45) is 1.03. The second-order valence-electron chi connectivity index (χ2n) is 3.24. The van der Waals surface area contributed by atoms with Crippen molar-refractivity contribution in [2.75, 3.05) is 18.5 Å². The number of nitrogens with one attached hydrogen (secondary N) is 1. The molecule has 0 amide bonds. The van der Waals surface area contributed by atoms with Crippen molar-refractivity contribution in [2.45, 2.75) is 13.3 Å². The molecule has 0 aliphatic heterocycles. The van der Waals surface area contributed by atoms with Gasteiger partial charge in [0.25, 0.3) is 0 Å². The second-order valence-corrected chi connectivity index (χ2v) is 4.37. The first-order valence-corrected chi connectivity index (χ1v) is 5.81. The van der Waals surface area contributed by atoms with Crippen LogP contribution in [-0.4, -0.2) is 13.2 Å². The zero-order valence-electron chi connectivity index (χ0n) is 8.92. The Bertz CT molecular complexity index is 308. The van der Waals surface area contributed by atoms with Gasteiger partial charge in [0, 0.05) is 16.7 Å². The summed E-state index contributed by atoms with van der Waals surface area (Å²) in [5.74, 6) is 0.917. The van der Waals surface area contributed by atoms with Crippen LogP contribution in [0, 0.1) is 0 Å². The van der Waals surface area contributed by atoms with Crippen molar-refractivity contribution in [2.24, 2.45) is 0 Å². The van der Waals surface area contributed by atoms with Gasteiger partial charge in [0.05, 0.1) is 6.61 Å². The molecule has 0 heterocycles. The minimum atomic E-state index is 0.731. The summed E-state index contributed by atoms with van der Waals surface area (Å²) in [6.45, 7) is 7.35. The molecular formula is C12H16BrNO. The van der Waals surface area contributed by atoms with Crippen LogP contribution < -0.4 is 10.1 Å². The fourth-order valence-corrected chi connectivity index (χ4v) is 1.23. The van der Waals surface area contributed by atoms with Crippen molar-refractivity contribution >= 4 is 21.6 Å². The van der Waals surface area contributed by atoms with Gasteiger partial charge < -0.3 is 10.1 Å². The minimum Gasteiger partial charge on any atom is -0.494 e. The molecule has 0 saturated heterocycles. The molecule has 1 rings (SSSR count). The smallest absolute Gasteiger partial charge is 0.119 e. The largest absolute Gasteiger partial charge is 0.494 e. The highest BCUT2D eigenvalue weighted by Gasteiger charge is 1.94. The molecule has 15 heavy (non-hydrogen) atoms. The van der Waals surface area contributed by atoms with E-state index < -0.39 is 0 Å². The molecule has 0 saturated carbocycles. The molecule has 0 atom stereocenters. The van der Waals surface area contributed by atoms with Crippen LogP contribution in [0.1, 0.15) is 13.3 Å². The van der Waals surface area contributed by atoms with Crippen molar-refractivity contribution in [3.63, 3.8) is 0 Å². The van der Waals surface area contributed by atoms with Crippen molar-refractivity contribution in [3.8, 4) is 5.75 Å². The van der Waals surface area contributed by atoms with E-state index in [9.17, 15) is 0 Å². The van der Waals surface area contributed by atoms with Crippen LogP contribution in [0.15, 0.2) is 35.3 Å². The lowest BCUT2D eigenvalue weighted by Crippen LogP contribution is -2.00. The number of hydrogen-bond acceptors (Lipinski definition) is 2. The molecule has 3 heteroatoms. The monoisotopic (exact) mass is 269 g/mol. The van der Waals surface area contributed by atoms with E-state index in [1.54, 1.807) is 0 Å². The van der Waals surface area contributed by atoms with E-state index in [-0.39, 0.29) is 0 Å². The van der Waals surface area contributed by atoms with Gasteiger partial charge in [0.15, 0.2) is 0 Å². The van der Waals surface area contributed by atoms with Crippen molar-refractivity contribution in [1.29, 1.82) is 0 Å². The quantitative estimate of drug-likeness (QED) is 0.849. The van der Waals surface area contributed by atoms with Crippen molar-refractivity contribution < 1.29 is 4.74 Å². The SMILES string of the molecule is C=C(Br)CNc1ccc(OCCC)cc1. The Balaban J connectivity index is 2.45. The molecule has 0 fully saturated rings. The van der Waals surface area contributed by atoms with E-state index >= 15 is 0 Å². The fraction of sp³-hybridized carbons (Fsp3) is 0.333. The predicted octanol–water partition coefficient (Wildman–Crippen LogP) is 3.80. The third-order valence-electron chi connectivity index (χ3n) is 1.81. The van der Waals surface area contributed by atoms with E-state index in [1.165, 1.54) is 0 Å². The fourth-order valence-electron chi connectivity index (χ4n) is 1.09. The first-order chi connectivity index (χ1) is 7.22. The van der Waals surface area contributed by atoms with Crippen LogP contribution in [0.4, 0.5) is 5.69 Å². The molecule has 0 aliphatic rings. The Morgan fingerprint density at radius 3 is 2.60 bits per heavy atom. The average Bonchev–Trinajstić information content (AvgIpc) is 2.25. The third kappa shape index (κ3) is 4.88. The highest BCUT2D eigenvalue weighted by Crippen LogP contribution is 2.16. The zero-order valence-corrected chi connectivity index (χ0v) is 10.5. The highest BCUT2D eigenvalue weighted by molar-refractivity contribution is 9.11. The number of rotatable bonds is 6. The predicted molar refractivity (Wildman–Crippen MR) is 68.8 cm³/mol.